The van der Waals surface area contributed by atoms with Gasteiger partial charge >= 0.3 is 0 Å². The van der Waals surface area contributed by atoms with Crippen LogP contribution in [0.5, 0.6) is 0 Å². The monoisotopic (exact) mass is 404 g/mol. The smallest absolute Gasteiger partial charge is 0.272 e. The molecule has 1 saturated heterocycles. The van der Waals surface area contributed by atoms with E-state index in [1.807, 2.05) is 19.1 Å². The predicted octanol–water partition coefficient (Wildman–Crippen LogP) is 3.80. The topological polar surface area (TPSA) is 81.2 Å². The molecule has 3 N–H and O–H groups in total. The number of halogens is 1. The SMILES string of the molecule is Cc1nc2[nH]c(C(=O)Nc3ccccc3Cl)c(CN3CCC(O)CC3)c2s1. The number of aliphatic hydroxyl groups excluding tert-OH is 1. The number of para-hydroxylation sites is 1. The number of amides is 1. The molecular weight excluding hydrogens is 384 g/mol. The summed E-state index contributed by atoms with van der Waals surface area (Å²) in [7, 11) is 0. The van der Waals surface area contributed by atoms with Crippen LogP contribution in [0.3, 0.4) is 0 Å². The highest BCUT2D eigenvalue weighted by molar-refractivity contribution is 7.18. The molecule has 0 aliphatic carbocycles. The highest BCUT2D eigenvalue weighted by Gasteiger charge is 2.25. The van der Waals surface area contributed by atoms with E-state index in [0.29, 0.717) is 22.9 Å². The summed E-state index contributed by atoms with van der Waals surface area (Å²) in [4.78, 5) is 22.9. The summed E-state index contributed by atoms with van der Waals surface area (Å²) in [6.45, 7) is 4.25. The van der Waals surface area contributed by atoms with Gasteiger partial charge in [-0.3, -0.25) is 9.69 Å². The molecule has 0 atom stereocenters. The number of aromatic amines is 1. The summed E-state index contributed by atoms with van der Waals surface area (Å²) < 4.78 is 1.02. The van der Waals surface area contributed by atoms with Crippen molar-refractivity contribution in [2.24, 2.45) is 0 Å². The van der Waals surface area contributed by atoms with Gasteiger partial charge in [0.2, 0.25) is 0 Å². The number of H-pyrrole nitrogens is 1. The van der Waals surface area contributed by atoms with E-state index in [2.05, 4.69) is 20.2 Å². The minimum Gasteiger partial charge on any atom is -0.393 e. The molecule has 0 radical (unpaired) electrons. The first-order valence-corrected chi connectivity index (χ1v) is 10.1. The Kier molecular flexibility index (Phi) is 5.19. The van der Waals surface area contributed by atoms with Gasteiger partial charge in [0.25, 0.3) is 5.91 Å². The average Bonchev–Trinajstić information content (AvgIpc) is 3.16. The summed E-state index contributed by atoms with van der Waals surface area (Å²) in [6, 6.07) is 7.18. The van der Waals surface area contributed by atoms with Crippen molar-refractivity contribution < 1.29 is 9.90 Å². The molecule has 3 aromatic rings. The van der Waals surface area contributed by atoms with E-state index in [1.165, 1.54) is 0 Å². The van der Waals surface area contributed by atoms with Crippen molar-refractivity contribution in [1.82, 2.24) is 14.9 Å². The number of aryl methyl sites for hydroxylation is 1. The molecule has 0 saturated carbocycles. The second kappa shape index (κ2) is 7.59. The van der Waals surface area contributed by atoms with Gasteiger partial charge in [-0.25, -0.2) is 4.98 Å². The van der Waals surface area contributed by atoms with Crippen LogP contribution in [0.2, 0.25) is 5.02 Å². The Morgan fingerprint density at radius 1 is 1.41 bits per heavy atom. The first kappa shape index (κ1) is 18.4. The zero-order chi connectivity index (χ0) is 19.0. The number of nitrogens with zero attached hydrogens (tertiary/aromatic N) is 2. The molecule has 6 nitrogen and oxygen atoms in total. The van der Waals surface area contributed by atoms with Crippen molar-refractivity contribution in [3.05, 3.63) is 45.6 Å². The van der Waals surface area contributed by atoms with Crippen LogP contribution in [-0.2, 0) is 6.54 Å². The quantitative estimate of drug-likeness (QED) is 0.617. The van der Waals surface area contributed by atoms with E-state index in [1.54, 1.807) is 23.5 Å². The lowest BCUT2D eigenvalue weighted by Crippen LogP contribution is -2.35. The normalized spacial score (nSPS) is 16.1. The Bertz CT molecular complexity index is 975. The maximum Gasteiger partial charge on any atom is 0.272 e. The molecule has 4 rings (SSSR count). The minimum absolute atomic E-state index is 0.221. The number of hydrogen-bond donors (Lipinski definition) is 3. The van der Waals surface area contributed by atoms with Crippen molar-refractivity contribution in [3.8, 4) is 0 Å². The van der Waals surface area contributed by atoms with Gasteiger partial charge in [0.15, 0.2) is 0 Å². The number of likely N-dealkylation sites (tertiary alicyclic amines) is 1. The van der Waals surface area contributed by atoms with Crippen molar-refractivity contribution in [3.63, 3.8) is 0 Å². The van der Waals surface area contributed by atoms with E-state index >= 15 is 0 Å². The summed E-state index contributed by atoms with van der Waals surface area (Å²) in [6.07, 6.45) is 1.30. The number of carbonyl (C=O) groups is 1. The summed E-state index contributed by atoms with van der Waals surface area (Å²) in [5, 5.41) is 14.1. The molecule has 0 unspecified atom stereocenters. The number of anilines is 1. The van der Waals surface area contributed by atoms with Gasteiger partial charge in [0, 0.05) is 25.2 Å². The van der Waals surface area contributed by atoms with Crippen molar-refractivity contribution in [1.29, 1.82) is 0 Å². The second-order valence-electron chi connectivity index (χ2n) is 6.83. The van der Waals surface area contributed by atoms with Crippen LogP contribution in [0.15, 0.2) is 24.3 Å². The fourth-order valence-electron chi connectivity index (χ4n) is 3.42. The molecule has 1 aliphatic heterocycles. The lowest BCUT2D eigenvalue weighted by Gasteiger charge is -2.29. The van der Waals surface area contributed by atoms with Gasteiger partial charge in [-0.05, 0) is 31.9 Å². The Labute approximate surface area is 166 Å². The number of hydrogen-bond acceptors (Lipinski definition) is 5. The third-order valence-electron chi connectivity index (χ3n) is 4.84. The van der Waals surface area contributed by atoms with Crippen LogP contribution in [0.1, 0.15) is 33.9 Å². The first-order chi connectivity index (χ1) is 13.0. The summed E-state index contributed by atoms with van der Waals surface area (Å²) in [5.74, 6) is -0.224. The molecule has 1 aromatic carbocycles. The van der Waals surface area contributed by atoms with E-state index in [9.17, 15) is 9.90 Å². The van der Waals surface area contributed by atoms with Crippen LogP contribution in [0.4, 0.5) is 5.69 Å². The van der Waals surface area contributed by atoms with Crippen LogP contribution >= 0.6 is 22.9 Å². The fraction of sp³-hybridized carbons (Fsp3) is 0.368. The number of nitrogens with one attached hydrogen (secondary N) is 2. The number of piperidine rings is 1. The van der Waals surface area contributed by atoms with E-state index < -0.39 is 0 Å². The van der Waals surface area contributed by atoms with Gasteiger partial charge in [-0.1, -0.05) is 23.7 Å². The van der Waals surface area contributed by atoms with Crippen molar-refractivity contribution >= 4 is 44.9 Å². The second-order valence-corrected chi connectivity index (χ2v) is 8.44. The summed E-state index contributed by atoms with van der Waals surface area (Å²) in [5.41, 5.74) is 2.80. The fourth-order valence-corrected chi connectivity index (χ4v) is 4.52. The van der Waals surface area contributed by atoms with Gasteiger partial charge in [-0.15, -0.1) is 11.3 Å². The Hall–Kier alpha value is -1.93. The Morgan fingerprint density at radius 2 is 2.15 bits per heavy atom. The zero-order valence-corrected chi connectivity index (χ0v) is 16.5. The number of fused-ring (bicyclic) bond motifs is 1. The van der Waals surface area contributed by atoms with Gasteiger partial charge in [0.05, 0.1) is 26.5 Å². The Balaban J connectivity index is 1.64. The lowest BCUT2D eigenvalue weighted by atomic mass is 10.1. The maximum atomic E-state index is 13.0. The molecule has 3 heterocycles. The summed E-state index contributed by atoms with van der Waals surface area (Å²) >= 11 is 7.77. The first-order valence-electron chi connectivity index (χ1n) is 8.95. The van der Waals surface area contributed by atoms with Gasteiger partial charge < -0.3 is 15.4 Å². The van der Waals surface area contributed by atoms with Crippen LogP contribution in [-0.4, -0.2) is 45.1 Å². The molecule has 2 aromatic heterocycles. The maximum absolute atomic E-state index is 13.0. The number of rotatable bonds is 4. The van der Waals surface area contributed by atoms with E-state index in [0.717, 1.165) is 46.8 Å². The van der Waals surface area contributed by atoms with E-state index in [4.69, 9.17) is 11.6 Å². The number of thiazole rings is 1. The molecule has 1 aliphatic rings. The molecule has 1 amide bonds. The molecular formula is C19H21ClN4O2S. The largest absolute Gasteiger partial charge is 0.393 e. The number of aromatic nitrogens is 2. The zero-order valence-electron chi connectivity index (χ0n) is 15.0. The van der Waals surface area contributed by atoms with Gasteiger partial charge in [-0.2, -0.15) is 0 Å². The van der Waals surface area contributed by atoms with Crippen molar-refractivity contribution in [2.75, 3.05) is 18.4 Å². The van der Waals surface area contributed by atoms with Crippen LogP contribution < -0.4 is 5.32 Å². The van der Waals surface area contributed by atoms with Crippen LogP contribution in [0.25, 0.3) is 10.3 Å². The molecule has 8 heteroatoms. The van der Waals surface area contributed by atoms with Crippen molar-refractivity contribution in [2.45, 2.75) is 32.4 Å². The number of benzene rings is 1. The number of carbonyl (C=O) groups excluding carboxylic acids is 1. The minimum atomic E-state index is -0.224. The molecule has 0 bridgehead atoms. The third kappa shape index (κ3) is 3.87. The molecule has 0 spiro atoms. The lowest BCUT2D eigenvalue weighted by molar-refractivity contribution is 0.0790. The van der Waals surface area contributed by atoms with Gasteiger partial charge in [0.1, 0.15) is 11.3 Å². The molecule has 142 valence electrons. The third-order valence-corrected chi connectivity index (χ3v) is 6.20. The average molecular weight is 405 g/mol. The predicted molar refractivity (Wildman–Crippen MR) is 109 cm³/mol. The highest BCUT2D eigenvalue weighted by Crippen LogP contribution is 2.31. The number of aliphatic hydroxyl groups is 1. The molecule has 27 heavy (non-hydrogen) atoms. The standard InChI is InChI=1S/C19H21ClN4O2S/c1-11-21-18-17(27-11)13(10-24-8-6-12(25)7-9-24)16(23-18)19(26)22-15-5-3-2-4-14(15)20/h2-5,12,23,25H,6-10H2,1H3,(H,22,26). The highest BCUT2D eigenvalue weighted by atomic mass is 35.5. The Morgan fingerprint density at radius 3 is 2.89 bits per heavy atom. The van der Waals surface area contributed by atoms with E-state index in [-0.39, 0.29) is 12.0 Å². The van der Waals surface area contributed by atoms with Crippen LogP contribution in [0, 0.1) is 6.92 Å². The molecule has 1 fully saturated rings.